The van der Waals surface area contributed by atoms with E-state index in [1.54, 1.807) is 30.3 Å². The van der Waals surface area contributed by atoms with Crippen LogP contribution in [0.25, 0.3) is 0 Å². The lowest BCUT2D eigenvalue weighted by Gasteiger charge is -2.17. The Bertz CT molecular complexity index is 650. The van der Waals surface area contributed by atoms with Crippen LogP contribution in [0.4, 0.5) is 8.78 Å². The van der Waals surface area contributed by atoms with Crippen LogP contribution in [-0.2, 0) is 0 Å². The van der Waals surface area contributed by atoms with Gasteiger partial charge >= 0.3 is 0 Å². The third kappa shape index (κ3) is 3.56. The molecule has 0 saturated heterocycles. The lowest BCUT2D eigenvalue weighted by molar-refractivity contribution is 0.0916. The van der Waals surface area contributed by atoms with Crippen LogP contribution in [0, 0.1) is 11.6 Å². The van der Waals surface area contributed by atoms with Gasteiger partial charge in [0, 0.05) is 0 Å². The molecule has 1 atom stereocenters. The van der Waals surface area contributed by atoms with Gasteiger partial charge in [-0.05, 0) is 17.7 Å². The molecule has 3 nitrogen and oxygen atoms in total. The minimum Gasteiger partial charge on any atom is -0.394 e. The monoisotopic (exact) mass is 311 g/mol. The lowest BCUT2D eigenvalue weighted by Crippen LogP contribution is -2.31. The van der Waals surface area contributed by atoms with Crippen molar-refractivity contribution in [1.82, 2.24) is 5.32 Å². The van der Waals surface area contributed by atoms with Crippen molar-refractivity contribution in [2.75, 3.05) is 6.61 Å². The van der Waals surface area contributed by atoms with E-state index in [4.69, 9.17) is 11.6 Å². The summed E-state index contributed by atoms with van der Waals surface area (Å²) in [5, 5.41) is 11.7. The lowest BCUT2D eigenvalue weighted by atomic mass is 10.1. The SMILES string of the molecule is O=C(N[C@H](CO)c1ccccc1)c1cc(F)c(F)cc1Cl. The van der Waals surface area contributed by atoms with Crippen LogP contribution in [0.2, 0.25) is 5.02 Å². The van der Waals surface area contributed by atoms with Crippen molar-refractivity contribution < 1.29 is 18.7 Å². The number of rotatable bonds is 4. The Kier molecular flexibility index (Phi) is 4.88. The van der Waals surface area contributed by atoms with E-state index in [1.807, 2.05) is 0 Å². The molecule has 0 aromatic heterocycles. The molecule has 2 rings (SSSR count). The quantitative estimate of drug-likeness (QED) is 0.853. The summed E-state index contributed by atoms with van der Waals surface area (Å²) in [4.78, 5) is 12.1. The van der Waals surface area contributed by atoms with Crippen molar-refractivity contribution in [1.29, 1.82) is 0 Å². The van der Waals surface area contributed by atoms with Gasteiger partial charge in [-0.3, -0.25) is 4.79 Å². The first kappa shape index (κ1) is 15.4. The van der Waals surface area contributed by atoms with Crippen LogP contribution >= 0.6 is 11.6 Å². The highest BCUT2D eigenvalue weighted by molar-refractivity contribution is 6.33. The molecule has 110 valence electrons. The average molecular weight is 312 g/mol. The zero-order valence-electron chi connectivity index (χ0n) is 10.8. The van der Waals surface area contributed by atoms with Crippen molar-refractivity contribution >= 4 is 17.5 Å². The van der Waals surface area contributed by atoms with Gasteiger partial charge in [0.2, 0.25) is 0 Å². The van der Waals surface area contributed by atoms with Gasteiger partial charge in [-0.2, -0.15) is 0 Å². The van der Waals surface area contributed by atoms with Gasteiger partial charge in [0.1, 0.15) is 0 Å². The Labute approximate surface area is 125 Å². The maximum absolute atomic E-state index is 13.2. The summed E-state index contributed by atoms with van der Waals surface area (Å²) in [5.74, 6) is -2.98. The number of hydrogen-bond acceptors (Lipinski definition) is 2. The predicted octanol–water partition coefficient (Wildman–Crippen LogP) is 3.08. The van der Waals surface area contributed by atoms with Gasteiger partial charge in [-0.25, -0.2) is 8.78 Å². The number of carbonyl (C=O) groups is 1. The van der Waals surface area contributed by atoms with Crippen LogP contribution < -0.4 is 5.32 Å². The van der Waals surface area contributed by atoms with Gasteiger partial charge in [0.25, 0.3) is 5.91 Å². The number of nitrogens with one attached hydrogen (secondary N) is 1. The zero-order chi connectivity index (χ0) is 15.4. The van der Waals surface area contributed by atoms with E-state index in [0.29, 0.717) is 5.56 Å². The summed E-state index contributed by atoms with van der Waals surface area (Å²) < 4.78 is 26.2. The smallest absolute Gasteiger partial charge is 0.253 e. The third-order valence-electron chi connectivity index (χ3n) is 2.94. The van der Waals surface area contributed by atoms with Crippen LogP contribution in [0.15, 0.2) is 42.5 Å². The number of aliphatic hydroxyl groups is 1. The number of amides is 1. The highest BCUT2D eigenvalue weighted by Crippen LogP contribution is 2.21. The van der Waals surface area contributed by atoms with E-state index >= 15 is 0 Å². The molecule has 0 spiro atoms. The minimum atomic E-state index is -1.16. The molecule has 6 heteroatoms. The highest BCUT2D eigenvalue weighted by Gasteiger charge is 2.19. The molecule has 0 fully saturated rings. The molecule has 0 radical (unpaired) electrons. The average Bonchev–Trinajstić information content (AvgIpc) is 2.49. The number of carbonyl (C=O) groups excluding carboxylic acids is 1. The fraction of sp³-hybridized carbons (Fsp3) is 0.133. The summed E-state index contributed by atoms with van der Waals surface area (Å²) >= 11 is 5.74. The standard InChI is InChI=1S/C15H12ClF2NO2/c16-11-7-13(18)12(17)6-10(11)15(21)19-14(8-20)9-4-2-1-3-5-9/h1-7,14,20H,8H2,(H,19,21)/t14-/m1/s1. The topological polar surface area (TPSA) is 49.3 Å². The first-order valence-corrected chi connectivity index (χ1v) is 6.52. The molecule has 0 saturated carbocycles. The Hall–Kier alpha value is -1.98. The third-order valence-corrected chi connectivity index (χ3v) is 3.26. The summed E-state index contributed by atoms with van der Waals surface area (Å²) in [6, 6.07) is 9.58. The summed E-state index contributed by atoms with van der Waals surface area (Å²) in [7, 11) is 0. The van der Waals surface area contributed by atoms with Crippen LogP contribution in [0.3, 0.4) is 0 Å². The number of halogens is 3. The molecule has 0 heterocycles. The van der Waals surface area contributed by atoms with E-state index in [9.17, 15) is 18.7 Å². The van der Waals surface area contributed by atoms with Crippen molar-refractivity contribution in [3.63, 3.8) is 0 Å². The normalized spacial score (nSPS) is 12.0. The van der Waals surface area contributed by atoms with E-state index in [0.717, 1.165) is 12.1 Å². The Morgan fingerprint density at radius 2 is 1.81 bits per heavy atom. The predicted molar refractivity (Wildman–Crippen MR) is 75.1 cm³/mol. The summed E-state index contributed by atoms with van der Waals surface area (Å²) in [6.07, 6.45) is 0. The second-order valence-corrected chi connectivity index (χ2v) is 4.77. The van der Waals surface area contributed by atoms with E-state index < -0.39 is 23.6 Å². The molecule has 2 aromatic carbocycles. The zero-order valence-corrected chi connectivity index (χ0v) is 11.6. The van der Waals surface area contributed by atoms with Gasteiger partial charge in [-0.1, -0.05) is 41.9 Å². The Balaban J connectivity index is 2.23. The fourth-order valence-electron chi connectivity index (χ4n) is 1.85. The van der Waals surface area contributed by atoms with Gasteiger partial charge in [0.15, 0.2) is 11.6 Å². The van der Waals surface area contributed by atoms with Crippen LogP contribution in [-0.4, -0.2) is 17.6 Å². The number of aliphatic hydroxyl groups excluding tert-OH is 1. The summed E-state index contributed by atoms with van der Waals surface area (Å²) in [5.41, 5.74) is 0.497. The Morgan fingerprint density at radius 1 is 1.19 bits per heavy atom. The molecule has 0 unspecified atom stereocenters. The van der Waals surface area contributed by atoms with Crippen molar-refractivity contribution in [2.24, 2.45) is 0 Å². The first-order chi connectivity index (χ1) is 10.0. The molecule has 21 heavy (non-hydrogen) atoms. The van der Waals surface area contributed by atoms with Gasteiger partial charge < -0.3 is 10.4 Å². The molecule has 0 aliphatic rings. The van der Waals surface area contributed by atoms with E-state index in [1.165, 1.54) is 0 Å². The van der Waals surface area contributed by atoms with Crippen molar-refractivity contribution in [3.8, 4) is 0 Å². The second-order valence-electron chi connectivity index (χ2n) is 4.37. The van der Waals surface area contributed by atoms with Crippen molar-refractivity contribution in [2.45, 2.75) is 6.04 Å². The maximum Gasteiger partial charge on any atom is 0.253 e. The highest BCUT2D eigenvalue weighted by atomic mass is 35.5. The largest absolute Gasteiger partial charge is 0.394 e. The molecule has 0 bridgehead atoms. The van der Waals surface area contributed by atoms with Crippen LogP contribution in [0.1, 0.15) is 22.0 Å². The van der Waals surface area contributed by atoms with E-state index in [-0.39, 0.29) is 17.2 Å². The molecular weight excluding hydrogens is 300 g/mol. The minimum absolute atomic E-state index is 0.190. The molecule has 0 aliphatic carbocycles. The fourth-order valence-corrected chi connectivity index (χ4v) is 2.09. The van der Waals surface area contributed by atoms with E-state index in [2.05, 4.69) is 5.32 Å². The van der Waals surface area contributed by atoms with Gasteiger partial charge in [-0.15, -0.1) is 0 Å². The maximum atomic E-state index is 13.2. The first-order valence-electron chi connectivity index (χ1n) is 6.14. The van der Waals surface area contributed by atoms with Crippen molar-refractivity contribution in [3.05, 3.63) is 70.2 Å². The van der Waals surface area contributed by atoms with Gasteiger partial charge in [0.05, 0.1) is 23.2 Å². The molecule has 2 N–H and O–H groups in total. The molecule has 0 aliphatic heterocycles. The second kappa shape index (κ2) is 6.65. The molecular formula is C15H12ClF2NO2. The Morgan fingerprint density at radius 3 is 2.43 bits per heavy atom. The molecule has 1 amide bonds. The molecule has 2 aromatic rings. The summed E-state index contributed by atoms with van der Waals surface area (Å²) in [6.45, 7) is -0.336. The number of hydrogen-bond donors (Lipinski definition) is 2. The van der Waals surface area contributed by atoms with Crippen LogP contribution in [0.5, 0.6) is 0 Å². The number of benzene rings is 2.